The van der Waals surface area contributed by atoms with Crippen LogP contribution in [0.4, 0.5) is 16.4 Å². The van der Waals surface area contributed by atoms with Gasteiger partial charge in [0, 0.05) is 21.9 Å². The van der Waals surface area contributed by atoms with Gasteiger partial charge in [0.1, 0.15) is 5.00 Å². The Balaban J connectivity index is 1.19. The summed E-state index contributed by atoms with van der Waals surface area (Å²) in [4.78, 5) is 66.5. The number of nitrogen functional groups attached to an aromatic ring is 1. The average molecular weight is 608 g/mol. The van der Waals surface area contributed by atoms with Gasteiger partial charge in [0.05, 0.1) is 28.7 Å². The molecule has 1 atom stereocenters. The minimum Gasteiger partial charge on any atom is -0.462 e. The maximum atomic E-state index is 13.0. The van der Waals surface area contributed by atoms with Crippen LogP contribution in [-0.2, 0) is 36.7 Å². The lowest BCUT2D eigenvalue weighted by Gasteiger charge is -2.15. The van der Waals surface area contributed by atoms with Gasteiger partial charge >= 0.3 is 11.9 Å². The third-order valence-corrected chi connectivity index (χ3v) is 9.23. The normalized spacial score (nSPS) is 16.2. The van der Waals surface area contributed by atoms with Gasteiger partial charge in [-0.3, -0.25) is 14.4 Å². The molecule has 218 valence electrons. The maximum absolute atomic E-state index is 13.0. The second-order valence-electron chi connectivity index (χ2n) is 9.76. The first-order chi connectivity index (χ1) is 20.2. The van der Waals surface area contributed by atoms with Gasteiger partial charge in [-0.25, -0.2) is 14.5 Å². The van der Waals surface area contributed by atoms with Crippen LogP contribution in [0.15, 0.2) is 53.4 Å². The number of nitrogens with two attached hydrogens (primary N) is 1. The highest BCUT2D eigenvalue weighted by molar-refractivity contribution is 8.00. The monoisotopic (exact) mass is 607 g/mol. The van der Waals surface area contributed by atoms with E-state index in [1.165, 1.54) is 47.4 Å². The van der Waals surface area contributed by atoms with Crippen molar-refractivity contribution in [3.63, 3.8) is 0 Å². The minimum atomic E-state index is -0.748. The molecule has 2 aliphatic rings. The van der Waals surface area contributed by atoms with Crippen LogP contribution in [0.2, 0.25) is 0 Å². The number of imide groups is 1. The summed E-state index contributed by atoms with van der Waals surface area (Å²) < 4.78 is 10.4. The summed E-state index contributed by atoms with van der Waals surface area (Å²) in [6.07, 6.45) is 3.61. The van der Waals surface area contributed by atoms with Crippen LogP contribution in [0, 0.1) is 0 Å². The first kappa shape index (κ1) is 29.3. The largest absolute Gasteiger partial charge is 0.462 e. The zero-order valence-electron chi connectivity index (χ0n) is 22.8. The Morgan fingerprint density at radius 3 is 2.55 bits per heavy atom. The van der Waals surface area contributed by atoms with E-state index in [4.69, 9.17) is 15.2 Å². The maximum Gasteiger partial charge on any atom is 0.341 e. The Labute approximate surface area is 250 Å². The Bertz CT molecular complexity index is 1550. The summed E-state index contributed by atoms with van der Waals surface area (Å²) in [7, 11) is 0. The van der Waals surface area contributed by atoms with Crippen LogP contribution in [-0.4, -0.2) is 48.1 Å². The number of esters is 2. The predicted molar refractivity (Wildman–Crippen MR) is 160 cm³/mol. The number of benzene rings is 2. The summed E-state index contributed by atoms with van der Waals surface area (Å²) >= 11 is 2.63. The number of thioether (sulfide) groups is 1. The molecule has 1 aliphatic heterocycles. The van der Waals surface area contributed by atoms with Gasteiger partial charge in [-0.2, -0.15) is 0 Å². The molecule has 1 aromatic heterocycles. The number of carbonyl (C=O) groups excluding carboxylic acids is 5. The van der Waals surface area contributed by atoms with Crippen molar-refractivity contribution in [3.8, 4) is 0 Å². The topological polar surface area (TPSA) is 145 Å². The molecule has 10 nitrogen and oxygen atoms in total. The summed E-state index contributed by atoms with van der Waals surface area (Å²) in [5, 5.41) is 2.52. The number of thiophene rings is 1. The van der Waals surface area contributed by atoms with Crippen molar-refractivity contribution in [1.82, 2.24) is 0 Å². The number of nitrogens with zero attached hydrogens (tertiary/aromatic N) is 1. The van der Waals surface area contributed by atoms with Crippen molar-refractivity contribution in [2.75, 3.05) is 29.2 Å². The fourth-order valence-electron chi connectivity index (χ4n) is 4.92. The van der Waals surface area contributed by atoms with Crippen LogP contribution in [0.3, 0.4) is 0 Å². The van der Waals surface area contributed by atoms with Crippen molar-refractivity contribution < 1.29 is 33.4 Å². The lowest BCUT2D eigenvalue weighted by atomic mass is 9.95. The molecule has 3 aromatic rings. The third kappa shape index (κ3) is 6.34. The molecule has 0 saturated carbocycles. The molecule has 1 saturated heterocycles. The number of ether oxygens (including phenoxy) is 2. The number of anilines is 3. The Morgan fingerprint density at radius 1 is 1.05 bits per heavy atom. The first-order valence-electron chi connectivity index (χ1n) is 13.5. The minimum absolute atomic E-state index is 0.0440. The smallest absolute Gasteiger partial charge is 0.341 e. The number of carbonyl (C=O) groups is 5. The SMILES string of the molecule is CCOC(=O)c1c(NC(=O)COC(=O)c2ccc(N3C(=O)CC(Sc4cccc(N)c4)C3=O)cc2)sc2c1CCCC2. The molecule has 0 bridgehead atoms. The molecule has 5 rings (SSSR count). The van der Waals surface area contributed by atoms with Gasteiger partial charge in [-0.1, -0.05) is 6.07 Å². The van der Waals surface area contributed by atoms with E-state index in [1.807, 2.05) is 6.07 Å². The quantitative estimate of drug-likeness (QED) is 0.202. The van der Waals surface area contributed by atoms with Gasteiger partial charge in [-0.15, -0.1) is 23.1 Å². The molecule has 42 heavy (non-hydrogen) atoms. The summed E-state index contributed by atoms with van der Waals surface area (Å²) in [5.41, 5.74) is 8.17. The van der Waals surface area contributed by atoms with Gasteiger partial charge in [0.25, 0.3) is 5.91 Å². The van der Waals surface area contributed by atoms with Crippen LogP contribution in [0.5, 0.6) is 0 Å². The highest BCUT2D eigenvalue weighted by Gasteiger charge is 2.40. The molecule has 2 aromatic carbocycles. The number of fused-ring (bicyclic) bond motifs is 1. The Morgan fingerprint density at radius 2 is 1.81 bits per heavy atom. The molecule has 12 heteroatoms. The van der Waals surface area contributed by atoms with Gasteiger partial charge in [-0.05, 0) is 80.6 Å². The Hall–Kier alpha value is -4.16. The van der Waals surface area contributed by atoms with Crippen LogP contribution < -0.4 is 16.0 Å². The van der Waals surface area contributed by atoms with Crippen LogP contribution in [0.25, 0.3) is 0 Å². The van der Waals surface area contributed by atoms with Crippen molar-refractivity contribution in [2.24, 2.45) is 0 Å². The van der Waals surface area contributed by atoms with Gasteiger partial charge < -0.3 is 20.5 Å². The highest BCUT2D eigenvalue weighted by atomic mass is 32.2. The van der Waals surface area contributed by atoms with Crippen LogP contribution >= 0.6 is 23.1 Å². The standard InChI is InChI=1S/C30H29N3O7S2/c1-2-39-30(38)26-21-8-3-4-9-22(21)42-27(26)32-24(34)16-40-29(37)17-10-12-19(13-11-17)33-25(35)15-23(28(33)36)41-20-7-5-6-18(31)14-20/h5-7,10-14,23H,2-4,8-9,15-16,31H2,1H3,(H,32,34). The van der Waals surface area contributed by atoms with Gasteiger partial charge in [0.2, 0.25) is 11.8 Å². The number of hydrogen-bond donors (Lipinski definition) is 2. The molecule has 2 heterocycles. The zero-order valence-corrected chi connectivity index (χ0v) is 24.5. The fraction of sp³-hybridized carbons (Fsp3) is 0.300. The van der Waals surface area contributed by atoms with E-state index in [2.05, 4.69) is 5.32 Å². The summed E-state index contributed by atoms with van der Waals surface area (Å²) in [5.74, 6) is -2.50. The molecular weight excluding hydrogens is 578 g/mol. The predicted octanol–water partition coefficient (Wildman–Crippen LogP) is 4.61. The summed E-state index contributed by atoms with van der Waals surface area (Å²) in [6.45, 7) is 1.38. The number of hydrogen-bond acceptors (Lipinski definition) is 10. The second kappa shape index (κ2) is 12.8. The van der Waals surface area contributed by atoms with Crippen molar-refractivity contribution in [3.05, 3.63) is 70.1 Å². The average Bonchev–Trinajstić information content (AvgIpc) is 3.47. The van der Waals surface area contributed by atoms with E-state index in [9.17, 15) is 24.0 Å². The van der Waals surface area contributed by atoms with E-state index >= 15 is 0 Å². The van der Waals surface area contributed by atoms with E-state index < -0.39 is 29.7 Å². The van der Waals surface area contributed by atoms with Crippen molar-refractivity contribution >= 4 is 69.1 Å². The molecule has 1 fully saturated rings. The summed E-state index contributed by atoms with van der Waals surface area (Å²) in [6, 6.07) is 12.9. The Kier molecular flexibility index (Phi) is 8.93. The van der Waals surface area contributed by atoms with E-state index in [1.54, 1.807) is 25.1 Å². The number of nitrogens with one attached hydrogen (secondary N) is 1. The first-order valence-corrected chi connectivity index (χ1v) is 15.2. The van der Waals surface area contributed by atoms with Crippen molar-refractivity contribution in [2.45, 2.75) is 49.2 Å². The lowest BCUT2D eigenvalue weighted by molar-refractivity contribution is -0.121. The van der Waals surface area contributed by atoms with E-state index in [0.29, 0.717) is 21.9 Å². The number of aryl methyl sites for hydroxylation is 1. The van der Waals surface area contributed by atoms with Gasteiger partial charge in [0.15, 0.2) is 6.61 Å². The van der Waals surface area contributed by atoms with Crippen LogP contribution in [0.1, 0.15) is 57.3 Å². The third-order valence-electron chi connectivity index (χ3n) is 6.84. The molecular formula is C30H29N3O7S2. The molecule has 0 radical (unpaired) electrons. The fourth-order valence-corrected chi connectivity index (χ4v) is 7.33. The number of rotatable bonds is 9. The highest BCUT2D eigenvalue weighted by Crippen LogP contribution is 2.39. The van der Waals surface area contributed by atoms with E-state index in [-0.39, 0.29) is 30.4 Å². The molecule has 3 N–H and O–H groups in total. The number of amides is 3. The molecule has 3 amide bonds. The zero-order chi connectivity index (χ0) is 29.8. The molecule has 1 aliphatic carbocycles. The molecule has 0 spiro atoms. The second-order valence-corrected chi connectivity index (χ2v) is 12.1. The molecule has 1 unspecified atom stereocenters. The van der Waals surface area contributed by atoms with E-state index in [0.717, 1.165) is 45.9 Å². The van der Waals surface area contributed by atoms with Crippen molar-refractivity contribution in [1.29, 1.82) is 0 Å². The lowest BCUT2D eigenvalue weighted by Crippen LogP contribution is -2.31.